The molecule has 128 valence electrons. The summed E-state index contributed by atoms with van der Waals surface area (Å²) in [7, 11) is 0. The minimum absolute atomic E-state index is 0.0788. The van der Waals surface area contributed by atoms with Gasteiger partial charge in [-0.25, -0.2) is 4.99 Å². The number of amides is 3. The van der Waals surface area contributed by atoms with Gasteiger partial charge in [0, 0.05) is 18.3 Å². The van der Waals surface area contributed by atoms with Crippen molar-refractivity contribution >= 4 is 46.0 Å². The Morgan fingerprint density at radius 3 is 2.56 bits per heavy atom. The van der Waals surface area contributed by atoms with Crippen molar-refractivity contribution in [1.82, 2.24) is 5.32 Å². The van der Waals surface area contributed by atoms with Gasteiger partial charge in [-0.15, -0.1) is 0 Å². The van der Waals surface area contributed by atoms with Crippen LogP contribution in [0.4, 0.5) is 11.4 Å². The fraction of sp³-hybridized carbons (Fsp3) is 0.200. The maximum atomic E-state index is 12.0. The highest BCUT2D eigenvalue weighted by atomic mass is 32.2. The lowest BCUT2D eigenvalue weighted by atomic mass is 10.2. The summed E-state index contributed by atoms with van der Waals surface area (Å²) in [6.07, 6.45) is 0.767. The Bertz CT molecular complexity index is 815. The van der Waals surface area contributed by atoms with E-state index in [4.69, 9.17) is 0 Å². The van der Waals surface area contributed by atoms with Crippen LogP contribution in [-0.4, -0.2) is 34.8 Å². The lowest BCUT2D eigenvalue weighted by Crippen LogP contribution is -2.38. The summed E-state index contributed by atoms with van der Waals surface area (Å²) < 4.78 is 0. The Kier molecular flexibility index (Phi) is 4.89. The van der Waals surface area contributed by atoms with E-state index in [1.807, 2.05) is 0 Å². The molecule has 0 saturated carbocycles. The van der Waals surface area contributed by atoms with E-state index < -0.39 is 6.17 Å². The van der Waals surface area contributed by atoms with Gasteiger partial charge in [-0.1, -0.05) is 11.8 Å². The van der Waals surface area contributed by atoms with Crippen molar-refractivity contribution in [2.45, 2.75) is 13.1 Å². The fourth-order valence-corrected chi connectivity index (χ4v) is 2.80. The number of carbonyl (C=O) groups is 3. The van der Waals surface area contributed by atoms with E-state index in [2.05, 4.69) is 31.2 Å². The number of amidine groups is 1. The number of anilines is 2. The average molecular weight is 358 g/mol. The number of hydrogen-bond acceptors (Lipinski definition) is 7. The molecule has 0 fully saturated rings. The van der Waals surface area contributed by atoms with Gasteiger partial charge in [0.1, 0.15) is 0 Å². The minimum atomic E-state index is -0.611. The van der Waals surface area contributed by atoms with E-state index in [1.165, 1.54) is 13.1 Å². The van der Waals surface area contributed by atoms with Crippen molar-refractivity contribution in [3.05, 3.63) is 36.0 Å². The first kappa shape index (κ1) is 16.8. The topological polar surface area (TPSA) is 124 Å². The van der Waals surface area contributed by atoms with Gasteiger partial charge < -0.3 is 16.0 Å². The summed E-state index contributed by atoms with van der Waals surface area (Å²) in [4.78, 5) is 39.0. The smallest absolute Gasteiger partial charge is 0.258 e. The van der Waals surface area contributed by atoms with E-state index in [0.717, 1.165) is 11.8 Å². The molecular weight excluding hydrogens is 344 g/mol. The molecule has 3 N–H and O–H groups in total. The second kappa shape index (κ2) is 7.26. The standard InChI is InChI=1S/C15H14N6O3S/c1-8(22)17-9-2-4-10(5-3-9)18-12(23)7-25-15-19-13-11(6-16-21-13)14(24)20-15/h2-6,13H,7H2,1H3,(H,17,22)(H,18,23)(H,19,20,24). The van der Waals surface area contributed by atoms with E-state index in [1.54, 1.807) is 24.3 Å². The molecule has 0 bridgehead atoms. The van der Waals surface area contributed by atoms with Gasteiger partial charge in [-0.2, -0.15) is 10.2 Å². The van der Waals surface area contributed by atoms with Crippen molar-refractivity contribution in [1.29, 1.82) is 0 Å². The molecule has 2 heterocycles. The summed E-state index contributed by atoms with van der Waals surface area (Å²) in [6.45, 7) is 1.42. The molecule has 10 heteroatoms. The molecule has 3 rings (SSSR count). The fourth-order valence-electron chi connectivity index (χ4n) is 2.12. The lowest BCUT2D eigenvalue weighted by Gasteiger charge is -2.16. The van der Waals surface area contributed by atoms with Crippen molar-refractivity contribution in [3.8, 4) is 0 Å². The number of hydrogen-bond donors (Lipinski definition) is 3. The van der Waals surface area contributed by atoms with Gasteiger partial charge in [0.25, 0.3) is 5.91 Å². The quantitative estimate of drug-likeness (QED) is 0.754. The molecule has 1 unspecified atom stereocenters. The van der Waals surface area contributed by atoms with Crippen molar-refractivity contribution in [3.63, 3.8) is 0 Å². The van der Waals surface area contributed by atoms with Gasteiger partial charge in [0.15, 0.2) is 11.3 Å². The predicted octanol–water partition coefficient (Wildman–Crippen LogP) is 1.48. The zero-order valence-electron chi connectivity index (χ0n) is 13.1. The highest BCUT2D eigenvalue weighted by Crippen LogP contribution is 2.22. The predicted molar refractivity (Wildman–Crippen MR) is 94.1 cm³/mol. The summed E-state index contributed by atoms with van der Waals surface area (Å²) in [5.41, 5.74) is 1.64. The maximum Gasteiger partial charge on any atom is 0.258 e. The molecule has 0 radical (unpaired) electrons. The summed E-state index contributed by atoms with van der Waals surface area (Å²) in [5, 5.41) is 15.8. The molecule has 2 aliphatic rings. The molecule has 1 aromatic carbocycles. The van der Waals surface area contributed by atoms with Gasteiger partial charge in [-0.05, 0) is 24.3 Å². The van der Waals surface area contributed by atoms with E-state index >= 15 is 0 Å². The van der Waals surface area contributed by atoms with Crippen LogP contribution in [0.15, 0.2) is 51.3 Å². The highest BCUT2D eigenvalue weighted by molar-refractivity contribution is 8.14. The molecule has 1 aromatic rings. The third-order valence-electron chi connectivity index (χ3n) is 3.20. The van der Waals surface area contributed by atoms with Crippen LogP contribution in [0.1, 0.15) is 6.92 Å². The van der Waals surface area contributed by atoms with Crippen molar-refractivity contribution in [2.75, 3.05) is 16.4 Å². The van der Waals surface area contributed by atoms with Crippen molar-refractivity contribution < 1.29 is 14.4 Å². The zero-order valence-corrected chi connectivity index (χ0v) is 14.0. The molecular formula is C15H14N6O3S. The molecule has 25 heavy (non-hydrogen) atoms. The number of nitrogens with one attached hydrogen (secondary N) is 3. The van der Waals surface area contributed by atoms with E-state index in [9.17, 15) is 14.4 Å². The zero-order chi connectivity index (χ0) is 17.8. The normalized spacial score (nSPS) is 18.0. The van der Waals surface area contributed by atoms with Crippen molar-refractivity contribution in [2.24, 2.45) is 15.2 Å². The molecule has 0 spiro atoms. The monoisotopic (exact) mass is 358 g/mol. The molecule has 2 aliphatic heterocycles. The van der Waals surface area contributed by atoms with Gasteiger partial charge in [0.05, 0.1) is 17.5 Å². The highest BCUT2D eigenvalue weighted by Gasteiger charge is 2.29. The SMILES string of the molecule is CC(=O)Nc1ccc(NC(=O)CSC2=NC3N=NC=C3C(=O)N2)cc1. The largest absolute Gasteiger partial charge is 0.326 e. The number of thioether (sulfide) groups is 1. The Hall–Kier alpha value is -3.01. The average Bonchev–Trinajstić information content (AvgIpc) is 3.03. The third-order valence-corrected chi connectivity index (χ3v) is 4.09. The van der Waals surface area contributed by atoms with Crippen LogP contribution in [-0.2, 0) is 14.4 Å². The maximum absolute atomic E-state index is 12.0. The lowest BCUT2D eigenvalue weighted by molar-refractivity contribution is -0.117. The molecule has 1 atom stereocenters. The Morgan fingerprint density at radius 2 is 1.88 bits per heavy atom. The van der Waals surface area contributed by atoms with Gasteiger partial charge in [-0.3, -0.25) is 14.4 Å². The number of fused-ring (bicyclic) bond motifs is 1. The van der Waals surface area contributed by atoms with Crippen LogP contribution in [0, 0.1) is 0 Å². The van der Waals surface area contributed by atoms with Crippen LogP contribution >= 0.6 is 11.8 Å². The van der Waals surface area contributed by atoms with Gasteiger partial charge >= 0.3 is 0 Å². The van der Waals surface area contributed by atoms with Crippen LogP contribution in [0.3, 0.4) is 0 Å². The molecule has 0 aliphatic carbocycles. The number of aliphatic imine (C=N–C) groups is 1. The number of azo groups is 1. The first-order chi connectivity index (χ1) is 12.0. The molecule has 3 amide bonds. The Morgan fingerprint density at radius 1 is 1.20 bits per heavy atom. The summed E-state index contributed by atoms with van der Waals surface area (Å²) in [6, 6.07) is 6.75. The van der Waals surface area contributed by atoms with E-state index in [0.29, 0.717) is 22.1 Å². The molecule has 9 nitrogen and oxygen atoms in total. The van der Waals surface area contributed by atoms with Crippen LogP contribution in [0.5, 0.6) is 0 Å². The number of nitrogens with zero attached hydrogens (tertiary/aromatic N) is 3. The van der Waals surface area contributed by atoms with Crippen LogP contribution in [0.25, 0.3) is 0 Å². The third kappa shape index (κ3) is 4.29. The first-order valence-electron chi connectivity index (χ1n) is 7.31. The minimum Gasteiger partial charge on any atom is -0.326 e. The number of carbonyl (C=O) groups excluding carboxylic acids is 3. The molecule has 0 saturated heterocycles. The van der Waals surface area contributed by atoms with Gasteiger partial charge in [0.2, 0.25) is 11.8 Å². The van der Waals surface area contributed by atoms with Crippen LogP contribution < -0.4 is 16.0 Å². The van der Waals surface area contributed by atoms with E-state index in [-0.39, 0.29) is 23.5 Å². The number of rotatable bonds is 4. The van der Waals surface area contributed by atoms with Crippen LogP contribution in [0.2, 0.25) is 0 Å². The number of benzene rings is 1. The second-order valence-corrected chi connectivity index (χ2v) is 6.14. The Labute approximate surface area is 147 Å². The Balaban J connectivity index is 1.51. The second-order valence-electron chi connectivity index (χ2n) is 5.17. The first-order valence-corrected chi connectivity index (χ1v) is 8.29. The molecule has 0 aromatic heterocycles. The summed E-state index contributed by atoms with van der Waals surface area (Å²) >= 11 is 1.11. The summed E-state index contributed by atoms with van der Waals surface area (Å²) in [5.74, 6) is -0.636.